The third kappa shape index (κ3) is 2.42. The van der Waals surface area contributed by atoms with Crippen molar-refractivity contribution < 1.29 is 18.0 Å². The van der Waals surface area contributed by atoms with Crippen molar-refractivity contribution in [1.29, 1.82) is 0 Å². The first-order chi connectivity index (χ1) is 8.99. The van der Waals surface area contributed by atoms with Crippen molar-refractivity contribution in [2.75, 3.05) is 0 Å². The van der Waals surface area contributed by atoms with Crippen molar-refractivity contribution in [3.8, 4) is 0 Å². The van der Waals surface area contributed by atoms with E-state index in [-0.39, 0.29) is 16.2 Å². The van der Waals surface area contributed by atoms with Crippen molar-refractivity contribution in [3.63, 3.8) is 0 Å². The number of aldehydes is 1. The van der Waals surface area contributed by atoms with Crippen LogP contribution in [0.1, 0.15) is 45.0 Å². The highest BCUT2D eigenvalue weighted by Crippen LogP contribution is 2.40. The predicted molar refractivity (Wildman–Crippen MR) is 77.6 cm³/mol. The third-order valence-corrected chi connectivity index (χ3v) is 6.88. The van der Waals surface area contributed by atoms with Crippen LogP contribution in [0.25, 0.3) is 0 Å². The van der Waals surface area contributed by atoms with E-state index in [0.29, 0.717) is 6.29 Å². The second-order valence-electron chi connectivity index (χ2n) is 5.91. The lowest BCUT2D eigenvalue weighted by Crippen LogP contribution is -2.47. The summed E-state index contributed by atoms with van der Waals surface area (Å²) in [5, 5.41) is 0. The zero-order valence-electron chi connectivity index (χ0n) is 12.4. The van der Waals surface area contributed by atoms with E-state index >= 15 is 0 Å². The molecule has 0 amide bonds. The number of Topliss-reactive ketones (excluding diaryl/α,β-unsaturated/α-hetero) is 1. The lowest BCUT2D eigenvalue weighted by atomic mass is 9.82. The smallest absolute Gasteiger partial charge is 0.185 e. The van der Waals surface area contributed by atoms with Gasteiger partial charge in [-0.1, -0.05) is 32.0 Å². The molecule has 0 heterocycles. The molecule has 110 valence electrons. The number of hydrogen-bond donors (Lipinski definition) is 0. The van der Waals surface area contributed by atoms with Crippen LogP contribution in [0.2, 0.25) is 0 Å². The van der Waals surface area contributed by atoms with Gasteiger partial charge in [0, 0.05) is 11.0 Å². The fourth-order valence-electron chi connectivity index (χ4n) is 1.75. The molecule has 1 aromatic carbocycles. The first kappa shape index (κ1) is 16.6. The van der Waals surface area contributed by atoms with E-state index in [1.54, 1.807) is 26.0 Å². The van der Waals surface area contributed by atoms with Crippen LogP contribution in [0.4, 0.5) is 0 Å². The van der Waals surface area contributed by atoms with E-state index in [1.165, 1.54) is 32.9 Å². The number of ketones is 1. The van der Waals surface area contributed by atoms with Gasteiger partial charge in [0.05, 0.1) is 9.64 Å². The van der Waals surface area contributed by atoms with Crippen LogP contribution in [0.5, 0.6) is 0 Å². The molecule has 0 fully saturated rings. The van der Waals surface area contributed by atoms with Gasteiger partial charge >= 0.3 is 0 Å². The van der Waals surface area contributed by atoms with Crippen LogP contribution in [0.3, 0.4) is 0 Å². The van der Waals surface area contributed by atoms with Crippen LogP contribution < -0.4 is 0 Å². The van der Waals surface area contributed by atoms with Gasteiger partial charge in [-0.15, -0.1) is 0 Å². The van der Waals surface area contributed by atoms with Crippen LogP contribution >= 0.6 is 0 Å². The van der Waals surface area contributed by atoms with Crippen molar-refractivity contribution >= 4 is 21.9 Å². The average molecular weight is 296 g/mol. The number of benzene rings is 1. The summed E-state index contributed by atoms with van der Waals surface area (Å²) in [4.78, 5) is 22.8. The summed E-state index contributed by atoms with van der Waals surface area (Å²) in [5.74, 6) is -0.316. The van der Waals surface area contributed by atoms with Crippen molar-refractivity contribution in [3.05, 3.63) is 29.8 Å². The quantitative estimate of drug-likeness (QED) is 0.619. The van der Waals surface area contributed by atoms with Gasteiger partial charge in [-0.3, -0.25) is 4.79 Å². The third-order valence-electron chi connectivity index (χ3n) is 4.07. The normalized spacial score (nSPS) is 13.1. The molecule has 0 unspecified atom stereocenters. The van der Waals surface area contributed by atoms with Crippen LogP contribution in [0, 0.1) is 5.41 Å². The molecule has 5 heteroatoms. The standard InChI is InChI=1S/C15H20O4S/c1-11(17)12-8-6-7-9-13(12)20(18,19)15(4,5)14(2,3)10-16/h6-10H,1-5H3. The van der Waals surface area contributed by atoms with Crippen molar-refractivity contribution in [2.24, 2.45) is 5.41 Å². The Morgan fingerprint density at radius 2 is 1.60 bits per heavy atom. The van der Waals surface area contributed by atoms with Gasteiger partial charge in [0.1, 0.15) is 6.29 Å². The van der Waals surface area contributed by atoms with Crippen molar-refractivity contribution in [1.82, 2.24) is 0 Å². The topological polar surface area (TPSA) is 68.3 Å². The Hall–Kier alpha value is -1.49. The second kappa shape index (κ2) is 5.13. The number of sulfone groups is 1. The van der Waals surface area contributed by atoms with Crippen LogP contribution in [-0.2, 0) is 14.6 Å². The highest BCUT2D eigenvalue weighted by atomic mass is 32.2. The molecular formula is C15H20O4S. The summed E-state index contributed by atoms with van der Waals surface area (Å²) in [6.45, 7) is 7.50. The number of hydrogen-bond acceptors (Lipinski definition) is 4. The molecule has 1 aromatic rings. The van der Waals surface area contributed by atoms with Gasteiger partial charge in [0.2, 0.25) is 0 Å². The Labute approximate surface area is 120 Å². The molecule has 1 rings (SSSR count). The van der Waals surface area contributed by atoms with Crippen molar-refractivity contribution in [2.45, 2.75) is 44.3 Å². The van der Waals surface area contributed by atoms with E-state index in [0.717, 1.165) is 0 Å². The minimum absolute atomic E-state index is 0.0209. The van der Waals surface area contributed by atoms with Gasteiger partial charge in [-0.05, 0) is 26.8 Å². The molecule has 0 aliphatic rings. The molecule has 20 heavy (non-hydrogen) atoms. The average Bonchev–Trinajstić information content (AvgIpc) is 2.38. The second-order valence-corrected chi connectivity index (χ2v) is 8.37. The van der Waals surface area contributed by atoms with Crippen LogP contribution in [0.15, 0.2) is 29.2 Å². The zero-order valence-corrected chi connectivity index (χ0v) is 13.2. The summed E-state index contributed by atoms with van der Waals surface area (Å²) >= 11 is 0. The number of carbonyl (C=O) groups is 2. The summed E-state index contributed by atoms with van der Waals surface area (Å²) in [7, 11) is -3.84. The molecule has 0 N–H and O–H groups in total. The van der Waals surface area contributed by atoms with Gasteiger partial charge in [-0.25, -0.2) is 8.42 Å². The largest absolute Gasteiger partial charge is 0.303 e. The first-order valence-corrected chi connectivity index (χ1v) is 7.78. The predicted octanol–water partition coefficient (Wildman–Crippen LogP) is 2.67. The Morgan fingerprint density at radius 1 is 1.10 bits per heavy atom. The Kier molecular flexibility index (Phi) is 4.25. The number of carbonyl (C=O) groups excluding carboxylic acids is 2. The fourth-order valence-corrected chi connectivity index (χ4v) is 3.80. The Morgan fingerprint density at radius 3 is 2.05 bits per heavy atom. The van der Waals surface area contributed by atoms with E-state index < -0.39 is 20.0 Å². The maximum absolute atomic E-state index is 12.9. The minimum Gasteiger partial charge on any atom is -0.303 e. The van der Waals surface area contributed by atoms with E-state index in [2.05, 4.69) is 0 Å². The van der Waals surface area contributed by atoms with Gasteiger partial charge < -0.3 is 4.79 Å². The van der Waals surface area contributed by atoms with Crippen LogP contribution in [-0.4, -0.2) is 25.2 Å². The van der Waals surface area contributed by atoms with Gasteiger partial charge in [-0.2, -0.15) is 0 Å². The number of rotatable bonds is 5. The highest BCUT2D eigenvalue weighted by Gasteiger charge is 2.49. The van der Waals surface area contributed by atoms with E-state index in [1.807, 2.05) is 0 Å². The lowest BCUT2D eigenvalue weighted by molar-refractivity contribution is -0.115. The molecule has 0 radical (unpaired) electrons. The monoisotopic (exact) mass is 296 g/mol. The minimum atomic E-state index is -3.84. The summed E-state index contributed by atoms with van der Waals surface area (Å²) < 4.78 is 24.4. The zero-order chi connectivity index (χ0) is 15.8. The highest BCUT2D eigenvalue weighted by molar-refractivity contribution is 7.93. The van der Waals surface area contributed by atoms with Gasteiger partial charge in [0.15, 0.2) is 15.6 Å². The molecule has 0 aliphatic heterocycles. The summed E-state index contributed by atoms with van der Waals surface area (Å²) in [5.41, 5.74) is -0.919. The molecular weight excluding hydrogens is 276 g/mol. The SMILES string of the molecule is CC(=O)c1ccccc1S(=O)(=O)C(C)(C)C(C)(C)C=O. The molecule has 0 aliphatic carbocycles. The summed E-state index contributed by atoms with van der Waals surface area (Å²) in [6.07, 6.45) is 0.640. The maximum Gasteiger partial charge on any atom is 0.185 e. The van der Waals surface area contributed by atoms with E-state index in [4.69, 9.17) is 0 Å². The molecule has 0 saturated carbocycles. The molecule has 0 spiro atoms. The lowest BCUT2D eigenvalue weighted by Gasteiger charge is -2.36. The Bertz CT molecular complexity index is 640. The fraction of sp³-hybridized carbons (Fsp3) is 0.467. The molecule has 0 bridgehead atoms. The summed E-state index contributed by atoms with van der Waals surface area (Å²) in [6, 6.07) is 6.09. The van der Waals surface area contributed by atoms with E-state index in [9.17, 15) is 18.0 Å². The first-order valence-electron chi connectivity index (χ1n) is 6.30. The molecule has 0 aromatic heterocycles. The maximum atomic E-state index is 12.9. The Balaban J connectivity index is 3.61. The van der Waals surface area contributed by atoms with Gasteiger partial charge in [0.25, 0.3) is 0 Å². The molecule has 4 nitrogen and oxygen atoms in total. The molecule has 0 atom stereocenters. The molecule has 0 saturated heterocycles.